The van der Waals surface area contributed by atoms with Crippen molar-refractivity contribution in [2.24, 2.45) is 0 Å². The Bertz CT molecular complexity index is 1310. The first kappa shape index (κ1) is 29.4. The first-order valence-corrected chi connectivity index (χ1v) is 11.5. The minimum Gasteiger partial charge on any atom is -0.543 e. The maximum atomic E-state index is 10.8. The van der Waals surface area contributed by atoms with E-state index in [1.807, 2.05) is 53.7 Å². The summed E-state index contributed by atoms with van der Waals surface area (Å²) in [6.45, 7) is 12.1. The molecule has 4 aromatic rings. The number of aromatic nitrogens is 2. The molecule has 193 valence electrons. The van der Waals surface area contributed by atoms with Gasteiger partial charge in [-0.05, 0) is 88.1 Å². The van der Waals surface area contributed by atoms with Gasteiger partial charge in [-0.25, -0.2) is 9.97 Å². The molecular weight excluding hydrogens is 516 g/mol. The van der Waals surface area contributed by atoms with Crippen molar-refractivity contribution in [1.82, 2.24) is 9.97 Å². The van der Waals surface area contributed by atoms with Crippen LogP contribution in [0.4, 0.5) is 0 Å². The fraction of sp³-hybridized carbons (Fsp3) is 0.200. The number of aromatic carboxylic acids is 2. The molecule has 0 amide bonds. The average Bonchev–Trinajstić information content (AvgIpc) is 2.78. The fourth-order valence-electron chi connectivity index (χ4n) is 4.54. The van der Waals surface area contributed by atoms with Crippen LogP contribution in [0.1, 0.15) is 54.4 Å². The summed E-state index contributed by atoms with van der Waals surface area (Å²) in [5.41, 5.74) is 10.00. The molecular formula is C30H28CuN2O4. The Morgan fingerprint density at radius 3 is 1.14 bits per heavy atom. The molecule has 0 aliphatic heterocycles. The van der Waals surface area contributed by atoms with Gasteiger partial charge in [-0.3, -0.25) is 0 Å². The van der Waals surface area contributed by atoms with E-state index in [1.54, 1.807) is 12.1 Å². The second-order valence-electron chi connectivity index (χ2n) is 8.94. The topological polar surface area (TPSA) is 106 Å². The zero-order chi connectivity index (χ0) is 26.6. The van der Waals surface area contributed by atoms with Gasteiger partial charge in [-0.15, -0.1) is 0 Å². The monoisotopic (exact) mass is 543 g/mol. The summed E-state index contributed by atoms with van der Waals surface area (Å²) in [4.78, 5) is 29.9. The van der Waals surface area contributed by atoms with Crippen LogP contribution in [0.15, 0.2) is 60.7 Å². The van der Waals surface area contributed by atoms with Crippen LogP contribution in [0, 0.1) is 41.5 Å². The molecule has 0 unspecified atom stereocenters. The van der Waals surface area contributed by atoms with Gasteiger partial charge in [0.25, 0.3) is 0 Å². The quantitative estimate of drug-likeness (QED) is 0.359. The predicted octanol–water partition coefficient (Wildman–Crippen LogP) is 4.07. The molecule has 4 rings (SSSR count). The summed E-state index contributed by atoms with van der Waals surface area (Å²) in [6, 6.07) is 18.2. The summed E-state index contributed by atoms with van der Waals surface area (Å²) in [5, 5.41) is 21.7. The smallest absolute Gasteiger partial charge is 0.543 e. The third-order valence-corrected chi connectivity index (χ3v) is 5.78. The number of carboxylic acids is 2. The zero-order valence-corrected chi connectivity index (χ0v) is 22.5. The number of hydrogen-bond donors (Lipinski definition) is 0. The van der Waals surface area contributed by atoms with E-state index in [4.69, 9.17) is 0 Å². The maximum absolute atomic E-state index is 10.8. The second-order valence-corrected chi connectivity index (χ2v) is 8.94. The summed E-state index contributed by atoms with van der Waals surface area (Å²) >= 11 is 0. The molecule has 0 N–H and O–H groups in total. The van der Waals surface area contributed by atoms with Crippen LogP contribution in [-0.2, 0) is 17.1 Å². The van der Waals surface area contributed by atoms with Crippen molar-refractivity contribution in [3.05, 3.63) is 105 Å². The van der Waals surface area contributed by atoms with Crippen molar-refractivity contribution in [1.29, 1.82) is 0 Å². The summed E-state index contributed by atoms with van der Waals surface area (Å²) < 4.78 is 0. The largest absolute Gasteiger partial charge is 2.00 e. The van der Waals surface area contributed by atoms with Crippen LogP contribution in [0.5, 0.6) is 0 Å². The Balaban J connectivity index is 0.000000253. The fourth-order valence-corrected chi connectivity index (χ4v) is 4.54. The van der Waals surface area contributed by atoms with E-state index in [0.717, 1.165) is 33.4 Å². The Labute approximate surface area is 227 Å². The first-order valence-electron chi connectivity index (χ1n) is 11.5. The van der Waals surface area contributed by atoms with Crippen LogP contribution in [0.3, 0.4) is 0 Å². The van der Waals surface area contributed by atoms with E-state index >= 15 is 0 Å². The van der Waals surface area contributed by atoms with E-state index in [-0.39, 0.29) is 28.5 Å². The third kappa shape index (κ3) is 7.12. The Morgan fingerprint density at radius 2 is 0.865 bits per heavy atom. The Kier molecular flexibility index (Phi) is 9.89. The standard InChI is InChI=1S/2C15H15NO2.Cu/c2*1-9-7-10(2)14(11(3)8-9)12-5-4-6-13(16-12)15(17)18;/h2*4-8H,1-3H3,(H,17,18);/q;;+2/p-2. The van der Waals surface area contributed by atoms with E-state index in [0.29, 0.717) is 11.4 Å². The van der Waals surface area contributed by atoms with Gasteiger partial charge in [0.05, 0.1) is 34.7 Å². The van der Waals surface area contributed by atoms with Gasteiger partial charge in [0, 0.05) is 11.1 Å². The van der Waals surface area contributed by atoms with Gasteiger partial charge in [0.1, 0.15) is 0 Å². The molecule has 0 saturated heterocycles. The zero-order valence-electron chi connectivity index (χ0n) is 21.6. The van der Waals surface area contributed by atoms with Crippen molar-refractivity contribution in [2.45, 2.75) is 41.5 Å². The molecule has 37 heavy (non-hydrogen) atoms. The van der Waals surface area contributed by atoms with Gasteiger partial charge >= 0.3 is 17.1 Å². The molecule has 0 fully saturated rings. The number of pyridine rings is 2. The number of aryl methyl sites for hydroxylation is 6. The van der Waals surface area contributed by atoms with Crippen LogP contribution in [-0.4, -0.2) is 21.9 Å². The van der Waals surface area contributed by atoms with Crippen molar-refractivity contribution < 1.29 is 36.9 Å². The van der Waals surface area contributed by atoms with E-state index in [9.17, 15) is 19.8 Å². The van der Waals surface area contributed by atoms with Crippen LogP contribution in [0.25, 0.3) is 22.5 Å². The molecule has 0 aliphatic rings. The van der Waals surface area contributed by atoms with Crippen molar-refractivity contribution in [2.75, 3.05) is 0 Å². The molecule has 2 aromatic heterocycles. The predicted molar refractivity (Wildman–Crippen MR) is 136 cm³/mol. The minimum atomic E-state index is -1.25. The summed E-state index contributed by atoms with van der Waals surface area (Å²) in [7, 11) is 0. The second kappa shape index (κ2) is 12.4. The molecule has 0 saturated carbocycles. The minimum absolute atomic E-state index is 0. The summed E-state index contributed by atoms with van der Waals surface area (Å²) in [6.07, 6.45) is 0. The Hall–Kier alpha value is -3.80. The van der Waals surface area contributed by atoms with E-state index < -0.39 is 11.9 Å². The van der Waals surface area contributed by atoms with Gasteiger partial charge in [-0.2, -0.15) is 0 Å². The Morgan fingerprint density at radius 1 is 0.568 bits per heavy atom. The van der Waals surface area contributed by atoms with Gasteiger partial charge in [0.2, 0.25) is 0 Å². The van der Waals surface area contributed by atoms with Crippen LogP contribution >= 0.6 is 0 Å². The molecule has 2 heterocycles. The first-order chi connectivity index (χ1) is 17.0. The third-order valence-electron chi connectivity index (χ3n) is 5.78. The van der Waals surface area contributed by atoms with Crippen molar-refractivity contribution in [3.63, 3.8) is 0 Å². The van der Waals surface area contributed by atoms with Crippen molar-refractivity contribution >= 4 is 11.9 Å². The molecule has 0 aliphatic carbocycles. The number of nitrogens with zero attached hydrogens (tertiary/aromatic N) is 2. The number of carbonyl (C=O) groups is 2. The molecule has 1 radical (unpaired) electrons. The molecule has 6 nitrogen and oxygen atoms in total. The number of carboxylic acid groups (broad SMARTS) is 2. The van der Waals surface area contributed by atoms with Crippen molar-refractivity contribution in [3.8, 4) is 22.5 Å². The number of benzene rings is 2. The number of rotatable bonds is 4. The molecule has 7 heteroatoms. The summed E-state index contributed by atoms with van der Waals surface area (Å²) in [5.74, 6) is -2.50. The van der Waals surface area contributed by atoms with Crippen LogP contribution < -0.4 is 10.2 Å². The average molecular weight is 544 g/mol. The maximum Gasteiger partial charge on any atom is 2.00 e. The van der Waals surface area contributed by atoms with Gasteiger partial charge in [-0.1, -0.05) is 47.5 Å². The normalized spacial score (nSPS) is 10.1. The number of hydrogen-bond acceptors (Lipinski definition) is 6. The molecule has 0 bridgehead atoms. The van der Waals surface area contributed by atoms with Gasteiger partial charge < -0.3 is 19.8 Å². The molecule has 0 spiro atoms. The molecule has 0 atom stereocenters. The number of carbonyl (C=O) groups excluding carboxylic acids is 2. The molecule has 2 aromatic carbocycles. The van der Waals surface area contributed by atoms with Crippen LogP contribution in [0.2, 0.25) is 0 Å². The van der Waals surface area contributed by atoms with E-state index in [1.165, 1.54) is 23.3 Å². The van der Waals surface area contributed by atoms with E-state index in [2.05, 4.69) is 34.2 Å². The van der Waals surface area contributed by atoms with Gasteiger partial charge in [0.15, 0.2) is 0 Å². The SMILES string of the molecule is Cc1cc(C)c(-c2cccc(C(=O)[O-])n2)c(C)c1.Cc1cc(C)c(-c2cccc(C(=O)[O-])n2)c(C)c1.[Cu+2].